The smallest absolute Gasteiger partial charge is 0.0835 e. The van der Waals surface area contributed by atoms with Crippen molar-refractivity contribution in [2.45, 2.75) is 12.8 Å². The first-order valence-corrected chi connectivity index (χ1v) is 5.60. The van der Waals surface area contributed by atoms with Crippen molar-refractivity contribution in [1.29, 1.82) is 0 Å². The number of hydrogen-bond acceptors (Lipinski definition) is 2. The molecule has 1 unspecified atom stereocenters. The first kappa shape index (κ1) is 11.2. The molecule has 1 aromatic carbocycles. The Morgan fingerprint density at radius 3 is 2.81 bits per heavy atom. The second-order valence-electron chi connectivity index (χ2n) is 3.76. The van der Waals surface area contributed by atoms with Crippen LogP contribution in [0.4, 0.5) is 0 Å². The van der Waals surface area contributed by atoms with Crippen molar-refractivity contribution in [2.24, 2.45) is 5.73 Å². The van der Waals surface area contributed by atoms with Gasteiger partial charge in [-0.25, -0.2) is 4.68 Å². The zero-order valence-corrected chi connectivity index (χ0v) is 9.85. The van der Waals surface area contributed by atoms with Gasteiger partial charge in [0.1, 0.15) is 0 Å². The van der Waals surface area contributed by atoms with Gasteiger partial charge < -0.3 is 5.73 Å². The lowest BCUT2D eigenvalue weighted by molar-refractivity contribution is 0.691. The highest BCUT2D eigenvalue weighted by atomic mass is 35.5. The largest absolute Gasteiger partial charge is 0.330 e. The van der Waals surface area contributed by atoms with E-state index in [1.54, 1.807) is 6.20 Å². The topological polar surface area (TPSA) is 43.8 Å². The molecule has 1 heterocycles. The molecule has 0 bridgehead atoms. The number of benzene rings is 1. The maximum atomic E-state index is 6.14. The van der Waals surface area contributed by atoms with Crippen LogP contribution in [0.15, 0.2) is 36.5 Å². The van der Waals surface area contributed by atoms with E-state index in [0.717, 1.165) is 11.4 Å². The molecule has 0 spiro atoms. The molecular weight excluding hydrogens is 222 g/mol. The summed E-state index contributed by atoms with van der Waals surface area (Å²) in [7, 11) is 0. The Hall–Kier alpha value is -1.32. The van der Waals surface area contributed by atoms with Crippen molar-refractivity contribution >= 4 is 11.6 Å². The number of aromatic nitrogens is 2. The van der Waals surface area contributed by atoms with Gasteiger partial charge in [-0.15, -0.1) is 0 Å². The Morgan fingerprint density at radius 2 is 2.12 bits per heavy atom. The number of nitrogens with two attached hydrogens (primary N) is 1. The highest BCUT2D eigenvalue weighted by molar-refractivity contribution is 6.32. The van der Waals surface area contributed by atoms with Crippen molar-refractivity contribution in [1.82, 2.24) is 9.78 Å². The molecule has 0 aliphatic carbocycles. The number of nitrogens with zero attached hydrogens (tertiary/aromatic N) is 2. The summed E-state index contributed by atoms with van der Waals surface area (Å²) in [5, 5.41) is 4.98. The van der Waals surface area contributed by atoms with Crippen molar-refractivity contribution < 1.29 is 0 Å². The van der Waals surface area contributed by atoms with Crippen LogP contribution in [0.3, 0.4) is 0 Å². The fourth-order valence-corrected chi connectivity index (χ4v) is 1.85. The lowest BCUT2D eigenvalue weighted by Crippen LogP contribution is -2.13. The zero-order valence-electron chi connectivity index (χ0n) is 9.10. The first-order chi connectivity index (χ1) is 7.74. The minimum atomic E-state index is 0.263. The molecule has 4 heteroatoms. The summed E-state index contributed by atoms with van der Waals surface area (Å²) in [6.45, 7) is 2.67. The van der Waals surface area contributed by atoms with E-state index in [2.05, 4.69) is 12.0 Å². The highest BCUT2D eigenvalue weighted by Crippen LogP contribution is 2.23. The van der Waals surface area contributed by atoms with Gasteiger partial charge >= 0.3 is 0 Å². The summed E-state index contributed by atoms with van der Waals surface area (Å²) >= 11 is 6.14. The van der Waals surface area contributed by atoms with E-state index < -0.39 is 0 Å². The number of para-hydroxylation sites is 1. The molecule has 2 N–H and O–H groups in total. The van der Waals surface area contributed by atoms with Gasteiger partial charge in [0.25, 0.3) is 0 Å². The molecule has 84 valence electrons. The Balaban J connectivity index is 2.49. The number of halogens is 1. The van der Waals surface area contributed by atoms with Crippen LogP contribution in [0.1, 0.15) is 18.5 Å². The minimum Gasteiger partial charge on any atom is -0.330 e. The molecule has 1 aromatic heterocycles. The van der Waals surface area contributed by atoms with Crippen LogP contribution in [0.25, 0.3) is 5.69 Å². The van der Waals surface area contributed by atoms with E-state index in [-0.39, 0.29) is 5.92 Å². The third kappa shape index (κ3) is 1.96. The Bertz CT molecular complexity index is 479. The Kier molecular flexibility index (Phi) is 3.27. The summed E-state index contributed by atoms with van der Waals surface area (Å²) in [5.41, 5.74) is 7.65. The second-order valence-corrected chi connectivity index (χ2v) is 4.16. The summed E-state index contributed by atoms with van der Waals surface area (Å²) in [5.74, 6) is 0.263. The molecule has 0 saturated carbocycles. The molecule has 0 aliphatic rings. The average molecular weight is 236 g/mol. The van der Waals surface area contributed by atoms with E-state index in [0.29, 0.717) is 11.6 Å². The fourth-order valence-electron chi connectivity index (χ4n) is 1.63. The quantitative estimate of drug-likeness (QED) is 0.889. The third-order valence-corrected chi connectivity index (χ3v) is 2.93. The van der Waals surface area contributed by atoms with Gasteiger partial charge in [0.05, 0.1) is 10.7 Å². The Morgan fingerprint density at radius 1 is 1.38 bits per heavy atom. The number of hydrogen-bond donors (Lipinski definition) is 1. The molecule has 2 aromatic rings. The van der Waals surface area contributed by atoms with Crippen molar-refractivity contribution in [3.05, 3.63) is 47.2 Å². The molecule has 0 saturated heterocycles. The maximum Gasteiger partial charge on any atom is 0.0835 e. The molecule has 0 aliphatic heterocycles. The predicted octanol–water partition coefficient (Wildman–Crippen LogP) is 2.59. The van der Waals surface area contributed by atoms with Gasteiger partial charge in [-0.3, -0.25) is 0 Å². The third-order valence-electron chi connectivity index (χ3n) is 2.61. The molecule has 2 rings (SSSR count). The lowest BCUT2D eigenvalue weighted by Gasteiger charge is -2.13. The predicted molar refractivity (Wildman–Crippen MR) is 66.0 cm³/mol. The van der Waals surface area contributed by atoms with Crippen LogP contribution in [-0.4, -0.2) is 16.3 Å². The molecule has 0 radical (unpaired) electrons. The normalized spacial score (nSPS) is 12.7. The molecule has 0 amide bonds. The second kappa shape index (κ2) is 4.68. The van der Waals surface area contributed by atoms with Crippen molar-refractivity contribution in [3.63, 3.8) is 0 Å². The molecule has 1 atom stereocenters. The van der Waals surface area contributed by atoms with Gasteiger partial charge in [0, 0.05) is 24.4 Å². The number of rotatable bonds is 3. The van der Waals surface area contributed by atoms with Crippen LogP contribution in [0.5, 0.6) is 0 Å². The molecule has 16 heavy (non-hydrogen) atoms. The molecule has 0 fully saturated rings. The van der Waals surface area contributed by atoms with Gasteiger partial charge in [0.2, 0.25) is 0 Å². The Labute approximate surface area is 99.8 Å². The maximum absolute atomic E-state index is 6.14. The summed E-state index contributed by atoms with van der Waals surface area (Å²) in [6, 6.07) is 9.62. The lowest BCUT2D eigenvalue weighted by atomic mass is 10.1. The van der Waals surface area contributed by atoms with Gasteiger partial charge in [-0.05, 0) is 18.2 Å². The van der Waals surface area contributed by atoms with Crippen LogP contribution in [0, 0.1) is 0 Å². The van der Waals surface area contributed by atoms with E-state index >= 15 is 0 Å². The standard InChI is InChI=1S/C12H14ClN3/c1-9(8-14)11-6-7-15-16(11)12-5-3-2-4-10(12)13/h2-7,9H,8,14H2,1H3. The van der Waals surface area contributed by atoms with Crippen molar-refractivity contribution in [2.75, 3.05) is 6.54 Å². The summed E-state index contributed by atoms with van der Waals surface area (Å²) < 4.78 is 1.85. The molecule has 3 nitrogen and oxygen atoms in total. The monoisotopic (exact) mass is 235 g/mol. The van der Waals surface area contributed by atoms with Gasteiger partial charge in [-0.2, -0.15) is 5.10 Å². The average Bonchev–Trinajstić information content (AvgIpc) is 2.77. The van der Waals surface area contributed by atoms with E-state index in [4.69, 9.17) is 17.3 Å². The summed E-state index contributed by atoms with van der Waals surface area (Å²) in [6.07, 6.45) is 1.77. The van der Waals surface area contributed by atoms with Gasteiger partial charge in [0.15, 0.2) is 0 Å². The first-order valence-electron chi connectivity index (χ1n) is 5.23. The fraction of sp³-hybridized carbons (Fsp3) is 0.250. The summed E-state index contributed by atoms with van der Waals surface area (Å²) in [4.78, 5) is 0. The highest BCUT2D eigenvalue weighted by Gasteiger charge is 2.12. The van der Waals surface area contributed by atoms with Crippen LogP contribution in [-0.2, 0) is 0 Å². The van der Waals surface area contributed by atoms with Crippen LogP contribution in [0.2, 0.25) is 5.02 Å². The SMILES string of the molecule is CC(CN)c1ccnn1-c1ccccc1Cl. The van der Waals surface area contributed by atoms with E-state index in [1.807, 2.05) is 35.0 Å². The van der Waals surface area contributed by atoms with E-state index in [9.17, 15) is 0 Å². The zero-order chi connectivity index (χ0) is 11.5. The van der Waals surface area contributed by atoms with Gasteiger partial charge in [-0.1, -0.05) is 30.7 Å². The minimum absolute atomic E-state index is 0.263. The van der Waals surface area contributed by atoms with Crippen LogP contribution >= 0.6 is 11.6 Å². The van der Waals surface area contributed by atoms with Crippen LogP contribution < -0.4 is 5.73 Å². The van der Waals surface area contributed by atoms with E-state index in [1.165, 1.54) is 0 Å². The molecular formula is C12H14ClN3. The van der Waals surface area contributed by atoms with Crippen molar-refractivity contribution in [3.8, 4) is 5.69 Å².